The number of amidine groups is 1. The van der Waals surface area contributed by atoms with Crippen molar-refractivity contribution in [1.29, 1.82) is 0 Å². The molecule has 0 atom stereocenters. The minimum Gasteiger partial charge on any atom is -0.403 e. The first-order valence-corrected chi connectivity index (χ1v) is 10.8. The molecule has 0 unspecified atom stereocenters. The number of amides is 1. The van der Waals surface area contributed by atoms with E-state index in [9.17, 15) is 4.79 Å². The standard InChI is InChI=1S/C19H22N6OS.C2H6.CH4O/c1-13-6-7-15-17(12-13)27-24-18(23-15)19(26)22-10-8-14-4-2-3-5-16(14)25(21)11-9-20;2*1-2/h2-7,9,11-12H,8,10,20-21H2,1H3,(H,22,26)(H,23,24);1-2H3;2H,1H3/b11-9-;;. The monoisotopic (exact) mass is 444 g/mol. The van der Waals surface area contributed by atoms with Gasteiger partial charge in [0.15, 0.2) is 0 Å². The zero-order chi connectivity index (χ0) is 23.2. The van der Waals surface area contributed by atoms with E-state index in [-0.39, 0.29) is 5.91 Å². The summed E-state index contributed by atoms with van der Waals surface area (Å²) in [6.45, 7) is 6.48. The number of hydrazine groups is 1. The van der Waals surface area contributed by atoms with Crippen LogP contribution in [0.25, 0.3) is 0 Å². The van der Waals surface area contributed by atoms with Crippen LogP contribution in [0.2, 0.25) is 0 Å². The Morgan fingerprint density at radius 3 is 2.68 bits per heavy atom. The highest BCUT2D eigenvalue weighted by molar-refractivity contribution is 7.98. The minimum atomic E-state index is -0.238. The Morgan fingerprint density at radius 2 is 1.97 bits per heavy atom. The Hall–Kier alpha value is -3.01. The number of aliphatic hydroxyl groups is 1. The van der Waals surface area contributed by atoms with Crippen LogP contribution in [-0.2, 0) is 11.2 Å². The van der Waals surface area contributed by atoms with E-state index >= 15 is 0 Å². The molecule has 0 aromatic heterocycles. The second-order valence-electron chi connectivity index (χ2n) is 6.02. The number of para-hydroxylation sites is 1. The summed E-state index contributed by atoms with van der Waals surface area (Å²) in [5.41, 5.74) is 9.20. The van der Waals surface area contributed by atoms with E-state index in [0.29, 0.717) is 18.8 Å². The molecule has 0 bridgehead atoms. The van der Waals surface area contributed by atoms with Crippen molar-refractivity contribution in [3.05, 3.63) is 66.0 Å². The first-order chi connectivity index (χ1) is 15.1. The number of hydrogen-bond donors (Lipinski definition) is 5. The van der Waals surface area contributed by atoms with Crippen LogP contribution in [0.5, 0.6) is 0 Å². The van der Waals surface area contributed by atoms with Crippen molar-refractivity contribution in [3.8, 4) is 0 Å². The fraction of sp³-hybridized carbons (Fsp3) is 0.273. The molecule has 8 nitrogen and oxygen atoms in total. The van der Waals surface area contributed by atoms with Gasteiger partial charge in [-0.15, -0.1) is 0 Å². The van der Waals surface area contributed by atoms with E-state index in [4.69, 9.17) is 16.7 Å². The molecule has 0 spiro atoms. The molecule has 0 fully saturated rings. The van der Waals surface area contributed by atoms with Gasteiger partial charge in [-0.2, -0.15) is 0 Å². The van der Waals surface area contributed by atoms with Crippen molar-refractivity contribution in [2.45, 2.75) is 32.1 Å². The van der Waals surface area contributed by atoms with E-state index in [1.165, 1.54) is 23.2 Å². The third-order valence-electron chi connectivity index (χ3n) is 4.02. The third kappa shape index (κ3) is 7.63. The summed E-state index contributed by atoms with van der Waals surface area (Å²) in [6, 6.07) is 13.6. The van der Waals surface area contributed by atoms with Gasteiger partial charge in [0, 0.05) is 26.1 Å². The van der Waals surface area contributed by atoms with Crippen molar-refractivity contribution < 1.29 is 9.90 Å². The molecule has 0 radical (unpaired) electrons. The van der Waals surface area contributed by atoms with Gasteiger partial charge in [0.2, 0.25) is 5.84 Å². The molecular formula is C22H32N6O2S. The van der Waals surface area contributed by atoms with E-state index in [1.807, 2.05) is 63.2 Å². The predicted octanol–water partition coefficient (Wildman–Crippen LogP) is 2.74. The van der Waals surface area contributed by atoms with Gasteiger partial charge in [0.05, 0.1) is 16.3 Å². The number of benzene rings is 2. The molecule has 0 aliphatic carbocycles. The largest absolute Gasteiger partial charge is 0.403 e. The molecule has 2 aromatic rings. The second kappa shape index (κ2) is 14.1. The Balaban J connectivity index is 0.00000113. The maximum Gasteiger partial charge on any atom is 0.287 e. The molecule has 1 heterocycles. The van der Waals surface area contributed by atoms with Gasteiger partial charge in [-0.3, -0.25) is 9.80 Å². The molecule has 3 rings (SSSR count). The zero-order valence-corrected chi connectivity index (χ0v) is 19.2. The van der Waals surface area contributed by atoms with Crippen molar-refractivity contribution in [1.82, 2.24) is 10.0 Å². The minimum absolute atomic E-state index is 0.238. The highest BCUT2D eigenvalue weighted by Gasteiger charge is 2.18. The summed E-state index contributed by atoms with van der Waals surface area (Å²) in [4.78, 5) is 17.8. The second-order valence-corrected chi connectivity index (χ2v) is 6.87. The smallest absolute Gasteiger partial charge is 0.287 e. The number of hydrogen-bond acceptors (Lipinski definition) is 8. The maximum atomic E-state index is 12.4. The number of carbonyl (C=O) groups is 1. The highest BCUT2D eigenvalue weighted by Crippen LogP contribution is 2.31. The van der Waals surface area contributed by atoms with Gasteiger partial charge in [-0.05, 0) is 54.6 Å². The molecule has 1 amide bonds. The van der Waals surface area contributed by atoms with Crippen LogP contribution >= 0.6 is 11.9 Å². The van der Waals surface area contributed by atoms with Crippen LogP contribution in [0.3, 0.4) is 0 Å². The van der Waals surface area contributed by atoms with E-state index < -0.39 is 0 Å². The molecule has 9 heteroatoms. The van der Waals surface area contributed by atoms with Gasteiger partial charge in [0.25, 0.3) is 5.91 Å². The van der Waals surface area contributed by atoms with Crippen molar-refractivity contribution in [2.75, 3.05) is 18.7 Å². The molecule has 0 saturated heterocycles. The average molecular weight is 445 g/mol. The molecule has 31 heavy (non-hydrogen) atoms. The van der Waals surface area contributed by atoms with Crippen LogP contribution in [-0.4, -0.2) is 30.5 Å². The topological polar surface area (TPSA) is 129 Å². The molecular weight excluding hydrogens is 412 g/mol. The summed E-state index contributed by atoms with van der Waals surface area (Å²) in [6.07, 6.45) is 3.58. The van der Waals surface area contributed by atoms with Crippen LogP contribution < -0.4 is 26.6 Å². The summed E-state index contributed by atoms with van der Waals surface area (Å²) in [5.74, 6) is 6.02. The molecule has 0 saturated carbocycles. The molecule has 168 valence electrons. The number of fused-ring (bicyclic) bond motifs is 1. The summed E-state index contributed by atoms with van der Waals surface area (Å²) >= 11 is 1.40. The van der Waals surface area contributed by atoms with E-state index in [2.05, 4.69) is 15.0 Å². The lowest BCUT2D eigenvalue weighted by Crippen LogP contribution is -2.39. The van der Waals surface area contributed by atoms with Crippen molar-refractivity contribution in [2.24, 2.45) is 16.6 Å². The van der Waals surface area contributed by atoms with Crippen LogP contribution in [0.4, 0.5) is 11.4 Å². The Kier molecular flexibility index (Phi) is 11.8. The quantitative estimate of drug-likeness (QED) is 0.263. The highest BCUT2D eigenvalue weighted by atomic mass is 32.2. The Labute approximate surface area is 188 Å². The van der Waals surface area contributed by atoms with Crippen LogP contribution in [0, 0.1) is 6.92 Å². The zero-order valence-electron chi connectivity index (χ0n) is 18.4. The summed E-state index contributed by atoms with van der Waals surface area (Å²) in [7, 11) is 1.00. The van der Waals surface area contributed by atoms with Crippen LogP contribution in [0.15, 0.2) is 64.8 Å². The lowest BCUT2D eigenvalue weighted by atomic mass is 10.1. The average Bonchev–Trinajstić information content (AvgIpc) is 2.81. The number of carbonyl (C=O) groups excluding carboxylic acids is 1. The van der Waals surface area contributed by atoms with Gasteiger partial charge in [-0.25, -0.2) is 10.8 Å². The number of anilines is 1. The molecule has 7 N–H and O–H groups in total. The Morgan fingerprint density at radius 1 is 1.26 bits per heavy atom. The summed E-state index contributed by atoms with van der Waals surface area (Å²) < 4.78 is 3.00. The number of nitrogens with zero attached hydrogens (tertiary/aromatic N) is 2. The normalized spacial score (nSPS) is 11.6. The lowest BCUT2D eigenvalue weighted by Gasteiger charge is -2.18. The van der Waals surface area contributed by atoms with Crippen LogP contribution in [0.1, 0.15) is 25.0 Å². The fourth-order valence-electron chi connectivity index (χ4n) is 2.68. The van der Waals surface area contributed by atoms with E-state index in [1.54, 1.807) is 6.20 Å². The number of aliphatic imine (C=N–C) groups is 1. The van der Waals surface area contributed by atoms with Gasteiger partial charge in [-0.1, -0.05) is 38.1 Å². The molecule has 2 aromatic carbocycles. The van der Waals surface area contributed by atoms with Gasteiger partial charge < -0.3 is 20.9 Å². The number of aliphatic hydroxyl groups excluding tert-OH is 1. The number of nitrogens with two attached hydrogens (primary N) is 2. The molecule has 1 aliphatic rings. The maximum absolute atomic E-state index is 12.4. The lowest BCUT2D eigenvalue weighted by molar-refractivity contribution is -0.114. The SMILES string of the molecule is CC.CO.Cc1ccc2c(c1)SNC(C(=O)NCCc1ccccc1N(N)/C=C\N)=N2. The predicted molar refractivity (Wildman–Crippen MR) is 130 cm³/mol. The van der Waals surface area contributed by atoms with Crippen molar-refractivity contribution >= 4 is 35.1 Å². The number of rotatable bonds is 6. The van der Waals surface area contributed by atoms with E-state index in [0.717, 1.165) is 34.5 Å². The number of aryl methyl sites for hydroxylation is 1. The third-order valence-corrected chi connectivity index (χ3v) is 4.86. The first kappa shape index (κ1) is 26.0. The summed E-state index contributed by atoms with van der Waals surface area (Å²) in [5, 5.41) is 11.4. The first-order valence-electron chi connectivity index (χ1n) is 9.94. The number of nitrogens with one attached hydrogen (secondary N) is 2. The van der Waals surface area contributed by atoms with Crippen molar-refractivity contribution in [3.63, 3.8) is 0 Å². The molecule has 1 aliphatic heterocycles. The van der Waals surface area contributed by atoms with Gasteiger partial charge >= 0.3 is 0 Å². The fourth-order valence-corrected chi connectivity index (χ4v) is 3.49. The Bertz CT molecular complexity index is 901. The van der Waals surface area contributed by atoms with Gasteiger partial charge in [0.1, 0.15) is 0 Å².